The Labute approximate surface area is 161 Å². The van der Waals surface area contributed by atoms with E-state index in [4.69, 9.17) is 4.74 Å². The Hall–Kier alpha value is -2.66. The Morgan fingerprint density at radius 1 is 0.926 bits per heavy atom. The van der Waals surface area contributed by atoms with Gasteiger partial charge in [0, 0.05) is 12.5 Å². The Bertz CT molecular complexity index is 700. The maximum Gasteiger partial charge on any atom is 0.414 e. The van der Waals surface area contributed by atoms with Gasteiger partial charge in [0.15, 0.2) is 0 Å². The van der Waals surface area contributed by atoms with Crippen molar-refractivity contribution in [1.29, 1.82) is 0 Å². The normalized spacial score (nSPS) is 12.5. The van der Waals surface area contributed by atoms with Crippen LogP contribution in [0.25, 0.3) is 0 Å². The first-order valence-electron chi connectivity index (χ1n) is 9.13. The van der Waals surface area contributed by atoms with Crippen LogP contribution in [0.3, 0.4) is 0 Å². The highest BCUT2D eigenvalue weighted by Crippen LogP contribution is 2.23. The number of hydrogen-bond acceptors (Lipinski definition) is 4. The topological polar surface area (TPSA) is 67.4 Å². The van der Waals surface area contributed by atoms with Crippen molar-refractivity contribution in [2.45, 2.75) is 45.3 Å². The number of amides is 2. The predicted molar refractivity (Wildman–Crippen MR) is 107 cm³/mol. The summed E-state index contributed by atoms with van der Waals surface area (Å²) in [6.07, 6.45) is -0.733. The second-order valence-electron chi connectivity index (χ2n) is 7.50. The van der Waals surface area contributed by atoms with E-state index >= 15 is 0 Å². The van der Waals surface area contributed by atoms with Gasteiger partial charge < -0.3 is 10.1 Å². The summed E-state index contributed by atoms with van der Waals surface area (Å²) in [7, 11) is 0. The van der Waals surface area contributed by atoms with Crippen LogP contribution >= 0.6 is 0 Å². The molecule has 2 N–H and O–H groups in total. The molecule has 0 aliphatic carbocycles. The fourth-order valence-corrected chi connectivity index (χ4v) is 2.70. The van der Waals surface area contributed by atoms with Crippen LogP contribution in [-0.4, -0.2) is 30.2 Å². The zero-order valence-electron chi connectivity index (χ0n) is 16.4. The minimum absolute atomic E-state index is 0.101. The SMILES string of the molecule is C[C@H](NCC(c1ccccc1)c1ccccc1)C(=O)NC(=O)OC(C)(C)C. The van der Waals surface area contributed by atoms with E-state index in [1.54, 1.807) is 27.7 Å². The summed E-state index contributed by atoms with van der Waals surface area (Å²) in [5, 5.41) is 5.50. The second-order valence-corrected chi connectivity index (χ2v) is 7.50. The lowest BCUT2D eigenvalue weighted by molar-refractivity contribution is -0.122. The summed E-state index contributed by atoms with van der Waals surface area (Å²) in [5.74, 6) is -0.312. The molecule has 0 saturated carbocycles. The number of ether oxygens (including phenoxy) is 1. The summed E-state index contributed by atoms with van der Waals surface area (Å²) >= 11 is 0. The third kappa shape index (κ3) is 6.87. The molecule has 0 spiro atoms. The average molecular weight is 368 g/mol. The Balaban J connectivity index is 2.00. The van der Waals surface area contributed by atoms with E-state index in [9.17, 15) is 9.59 Å². The molecule has 0 saturated heterocycles. The summed E-state index contributed by atoms with van der Waals surface area (Å²) in [4.78, 5) is 24.0. The van der Waals surface area contributed by atoms with Crippen molar-refractivity contribution in [1.82, 2.24) is 10.6 Å². The quantitative estimate of drug-likeness (QED) is 0.813. The second kappa shape index (κ2) is 9.33. The van der Waals surface area contributed by atoms with Crippen molar-refractivity contribution in [2.24, 2.45) is 0 Å². The third-order valence-corrected chi connectivity index (χ3v) is 4.05. The molecule has 2 rings (SSSR count). The molecule has 1 atom stereocenters. The molecule has 0 bridgehead atoms. The molecule has 27 heavy (non-hydrogen) atoms. The largest absolute Gasteiger partial charge is 0.444 e. The predicted octanol–water partition coefficient (Wildman–Crippen LogP) is 3.85. The average Bonchev–Trinajstić information content (AvgIpc) is 2.62. The lowest BCUT2D eigenvalue weighted by Gasteiger charge is -2.22. The van der Waals surface area contributed by atoms with Crippen LogP contribution in [0.5, 0.6) is 0 Å². The van der Waals surface area contributed by atoms with E-state index in [2.05, 4.69) is 34.9 Å². The molecule has 0 aromatic heterocycles. The number of hydrogen-bond donors (Lipinski definition) is 2. The maximum absolute atomic E-state index is 12.3. The highest BCUT2D eigenvalue weighted by molar-refractivity contribution is 5.94. The van der Waals surface area contributed by atoms with E-state index in [1.165, 1.54) is 0 Å². The Morgan fingerprint density at radius 2 is 1.41 bits per heavy atom. The van der Waals surface area contributed by atoms with Gasteiger partial charge in [0.1, 0.15) is 5.60 Å². The van der Waals surface area contributed by atoms with Gasteiger partial charge in [-0.3, -0.25) is 10.1 Å². The zero-order chi connectivity index (χ0) is 19.9. The summed E-state index contributed by atoms with van der Waals surface area (Å²) in [5.41, 5.74) is 1.68. The molecule has 0 heterocycles. The molecule has 5 heteroatoms. The standard InChI is InChI=1S/C22H28N2O3/c1-16(20(25)24-21(26)27-22(2,3)4)23-15-19(17-11-7-5-8-12-17)18-13-9-6-10-14-18/h5-14,16,19,23H,15H2,1-4H3,(H,24,25,26)/t16-/m0/s1. The monoisotopic (exact) mass is 368 g/mol. The highest BCUT2D eigenvalue weighted by atomic mass is 16.6. The summed E-state index contributed by atoms with van der Waals surface area (Å²) < 4.78 is 5.12. The Kier molecular flexibility index (Phi) is 7.13. The molecule has 0 unspecified atom stereocenters. The molecular weight excluding hydrogens is 340 g/mol. The van der Waals surface area contributed by atoms with Crippen LogP contribution < -0.4 is 10.6 Å². The van der Waals surface area contributed by atoms with E-state index in [0.717, 1.165) is 11.1 Å². The summed E-state index contributed by atoms with van der Waals surface area (Å²) in [6, 6.07) is 19.7. The van der Waals surface area contributed by atoms with Gasteiger partial charge in [-0.05, 0) is 38.8 Å². The van der Waals surface area contributed by atoms with Gasteiger partial charge in [-0.2, -0.15) is 0 Å². The van der Waals surface area contributed by atoms with Gasteiger partial charge in [0.05, 0.1) is 6.04 Å². The van der Waals surface area contributed by atoms with E-state index < -0.39 is 23.6 Å². The van der Waals surface area contributed by atoms with Gasteiger partial charge in [-0.15, -0.1) is 0 Å². The van der Waals surface area contributed by atoms with Crippen molar-refractivity contribution < 1.29 is 14.3 Å². The summed E-state index contributed by atoms with van der Waals surface area (Å²) in [6.45, 7) is 7.55. The van der Waals surface area contributed by atoms with Crippen molar-refractivity contribution >= 4 is 12.0 Å². The molecule has 2 amide bonds. The highest BCUT2D eigenvalue weighted by Gasteiger charge is 2.22. The molecule has 0 fully saturated rings. The molecule has 0 aliphatic heterocycles. The fraction of sp³-hybridized carbons (Fsp3) is 0.364. The molecule has 144 valence electrons. The van der Waals surface area contributed by atoms with Crippen LogP contribution in [0.15, 0.2) is 60.7 Å². The van der Waals surface area contributed by atoms with E-state index in [0.29, 0.717) is 6.54 Å². The van der Waals surface area contributed by atoms with Crippen molar-refractivity contribution in [3.05, 3.63) is 71.8 Å². The van der Waals surface area contributed by atoms with Crippen LogP contribution in [0.2, 0.25) is 0 Å². The van der Waals surface area contributed by atoms with Crippen LogP contribution in [0.4, 0.5) is 4.79 Å². The first-order chi connectivity index (χ1) is 12.8. The van der Waals surface area contributed by atoms with Gasteiger partial charge in [-0.1, -0.05) is 60.7 Å². The number of imide groups is 1. The minimum Gasteiger partial charge on any atom is -0.444 e. The third-order valence-electron chi connectivity index (χ3n) is 4.05. The number of carbonyl (C=O) groups is 2. The number of benzene rings is 2. The number of nitrogens with one attached hydrogen (secondary N) is 2. The molecule has 5 nitrogen and oxygen atoms in total. The van der Waals surface area contributed by atoms with Gasteiger partial charge in [0.25, 0.3) is 0 Å². The van der Waals surface area contributed by atoms with Gasteiger partial charge in [0.2, 0.25) is 5.91 Å². The lowest BCUT2D eigenvalue weighted by atomic mass is 9.91. The molecular formula is C22H28N2O3. The molecule has 2 aromatic carbocycles. The zero-order valence-corrected chi connectivity index (χ0v) is 16.4. The number of carbonyl (C=O) groups excluding carboxylic acids is 2. The molecule has 2 aromatic rings. The molecule has 0 aliphatic rings. The molecule has 0 radical (unpaired) electrons. The van der Waals surface area contributed by atoms with Gasteiger partial charge in [-0.25, -0.2) is 4.79 Å². The number of alkyl carbamates (subject to hydrolysis) is 1. The lowest BCUT2D eigenvalue weighted by Crippen LogP contribution is -2.47. The maximum atomic E-state index is 12.3. The fourth-order valence-electron chi connectivity index (χ4n) is 2.70. The van der Waals surface area contributed by atoms with E-state index in [-0.39, 0.29) is 5.92 Å². The van der Waals surface area contributed by atoms with Crippen molar-refractivity contribution in [3.63, 3.8) is 0 Å². The first kappa shape index (κ1) is 20.6. The van der Waals surface area contributed by atoms with Crippen LogP contribution in [0.1, 0.15) is 44.7 Å². The minimum atomic E-state index is -0.733. The smallest absolute Gasteiger partial charge is 0.414 e. The van der Waals surface area contributed by atoms with Crippen LogP contribution in [-0.2, 0) is 9.53 Å². The van der Waals surface area contributed by atoms with Crippen molar-refractivity contribution in [2.75, 3.05) is 6.54 Å². The van der Waals surface area contributed by atoms with Gasteiger partial charge >= 0.3 is 6.09 Å². The first-order valence-corrected chi connectivity index (χ1v) is 9.13. The van der Waals surface area contributed by atoms with E-state index in [1.807, 2.05) is 36.4 Å². The van der Waals surface area contributed by atoms with Crippen LogP contribution in [0, 0.1) is 0 Å². The Morgan fingerprint density at radius 3 is 1.85 bits per heavy atom. The van der Waals surface area contributed by atoms with Crippen molar-refractivity contribution in [3.8, 4) is 0 Å². The number of rotatable bonds is 6.